The van der Waals surface area contributed by atoms with Crippen molar-refractivity contribution >= 4 is 29.0 Å². The Balaban J connectivity index is 1.55. The number of nitrogens with one attached hydrogen (secondary N) is 2. The Morgan fingerprint density at radius 1 is 0.841 bits per heavy atom. The smallest absolute Gasteiger partial charge is 0.235 e. The topological polar surface area (TPSA) is 114 Å². The monoisotopic (exact) mass is 592 g/mol. The molecule has 1 aliphatic carbocycles. The number of carbonyl (C=O) groups excluding carboxylic acids is 3. The average Bonchev–Trinajstić information content (AvgIpc) is 3.00. The Morgan fingerprint density at radius 3 is 2.05 bits per heavy atom. The summed E-state index contributed by atoms with van der Waals surface area (Å²) >= 11 is 0. The van der Waals surface area contributed by atoms with Gasteiger partial charge in [-0.25, -0.2) is 0 Å². The van der Waals surface area contributed by atoms with Crippen LogP contribution in [0.25, 0.3) is 0 Å². The maximum atomic E-state index is 13.9. The number of amides is 2. The largest absolute Gasteiger partial charge is 0.493 e. The predicted octanol–water partition coefficient (Wildman–Crippen LogP) is 5.90. The van der Waals surface area contributed by atoms with Crippen molar-refractivity contribution in [1.82, 2.24) is 0 Å². The molecular formula is C36H36N2O6. The number of hydrogen-bond acceptors (Lipinski definition) is 6. The quantitative estimate of drug-likeness (QED) is 0.209. The maximum absolute atomic E-state index is 13.9. The molecule has 226 valence electrons. The van der Waals surface area contributed by atoms with Gasteiger partial charge in [0.05, 0.1) is 18.6 Å². The molecule has 0 bridgehead atoms. The van der Waals surface area contributed by atoms with Crippen LogP contribution in [0, 0.1) is 18.8 Å². The molecule has 4 aromatic carbocycles. The highest BCUT2D eigenvalue weighted by Gasteiger charge is 2.56. The van der Waals surface area contributed by atoms with E-state index < -0.39 is 41.0 Å². The molecule has 5 rings (SSSR count). The minimum atomic E-state index is -1.74. The second kappa shape index (κ2) is 13.1. The molecule has 0 saturated heterocycles. The summed E-state index contributed by atoms with van der Waals surface area (Å²) in [6.07, 6.45) is -0.363. The molecule has 4 unspecified atom stereocenters. The number of anilines is 2. The highest BCUT2D eigenvalue weighted by atomic mass is 16.5. The van der Waals surface area contributed by atoms with E-state index in [-0.39, 0.29) is 6.42 Å². The van der Waals surface area contributed by atoms with Crippen LogP contribution >= 0.6 is 0 Å². The number of rotatable bonds is 9. The third kappa shape index (κ3) is 6.66. The van der Waals surface area contributed by atoms with Crippen LogP contribution in [0.3, 0.4) is 0 Å². The Hall–Kier alpha value is -4.95. The Kier molecular flexibility index (Phi) is 9.11. The highest BCUT2D eigenvalue weighted by Crippen LogP contribution is 2.48. The third-order valence-corrected chi connectivity index (χ3v) is 8.13. The summed E-state index contributed by atoms with van der Waals surface area (Å²) in [4.78, 5) is 41.4. The SMILES string of the molecule is COc1cc(C2C(C(=O)Nc3ccccc3)C(=O)CC(C)(O)C2C(=O)Nc2ccccc2)ccc1OCc1ccccc1C. The molecule has 4 aromatic rings. The van der Waals surface area contributed by atoms with Gasteiger partial charge in [-0.3, -0.25) is 14.4 Å². The lowest BCUT2D eigenvalue weighted by Gasteiger charge is -2.44. The van der Waals surface area contributed by atoms with Gasteiger partial charge in [-0.05, 0) is 66.9 Å². The van der Waals surface area contributed by atoms with Crippen molar-refractivity contribution in [2.24, 2.45) is 11.8 Å². The lowest BCUT2D eigenvalue weighted by atomic mass is 9.61. The fourth-order valence-corrected chi connectivity index (χ4v) is 5.91. The number of benzene rings is 4. The van der Waals surface area contributed by atoms with E-state index in [4.69, 9.17) is 9.47 Å². The van der Waals surface area contributed by atoms with Crippen molar-refractivity contribution in [2.75, 3.05) is 17.7 Å². The number of aryl methyl sites for hydroxylation is 1. The Bertz CT molecular complexity index is 1640. The molecule has 0 radical (unpaired) electrons. The van der Waals surface area contributed by atoms with E-state index >= 15 is 0 Å². The number of Topliss-reactive ketones (excluding diaryl/α,β-unsaturated/α-hetero) is 1. The van der Waals surface area contributed by atoms with Gasteiger partial charge in [-0.15, -0.1) is 0 Å². The molecule has 8 nitrogen and oxygen atoms in total. The van der Waals surface area contributed by atoms with Gasteiger partial charge in [-0.1, -0.05) is 66.7 Å². The summed E-state index contributed by atoms with van der Waals surface area (Å²) in [6.45, 7) is 3.78. The Morgan fingerprint density at radius 2 is 1.43 bits per heavy atom. The zero-order valence-corrected chi connectivity index (χ0v) is 24.9. The van der Waals surface area contributed by atoms with Crippen LogP contribution in [0.4, 0.5) is 11.4 Å². The summed E-state index contributed by atoms with van der Waals surface area (Å²) in [7, 11) is 1.50. The first-order valence-electron chi connectivity index (χ1n) is 14.5. The molecule has 0 spiro atoms. The first-order valence-corrected chi connectivity index (χ1v) is 14.5. The van der Waals surface area contributed by atoms with Crippen LogP contribution in [-0.4, -0.2) is 35.4 Å². The Labute approximate surface area is 257 Å². The normalized spacial score (nSPS) is 21.3. The van der Waals surface area contributed by atoms with Gasteiger partial charge in [0.2, 0.25) is 11.8 Å². The zero-order valence-electron chi connectivity index (χ0n) is 24.9. The zero-order chi connectivity index (χ0) is 31.3. The minimum absolute atomic E-state index is 0.309. The summed E-state index contributed by atoms with van der Waals surface area (Å²) < 4.78 is 11.8. The maximum Gasteiger partial charge on any atom is 0.235 e. The summed E-state index contributed by atoms with van der Waals surface area (Å²) in [5, 5.41) is 17.3. The molecule has 4 atom stereocenters. The molecule has 44 heavy (non-hydrogen) atoms. The summed E-state index contributed by atoms with van der Waals surface area (Å²) in [5.41, 5.74) is 1.90. The fourth-order valence-electron chi connectivity index (χ4n) is 5.91. The number of methoxy groups -OCH3 is 1. The van der Waals surface area contributed by atoms with Crippen molar-refractivity contribution in [3.63, 3.8) is 0 Å². The molecule has 0 heterocycles. The molecule has 2 amide bonds. The number of ketones is 1. The van der Waals surface area contributed by atoms with Gasteiger partial charge in [0, 0.05) is 23.7 Å². The first-order chi connectivity index (χ1) is 21.2. The van der Waals surface area contributed by atoms with Crippen molar-refractivity contribution in [3.05, 3.63) is 120 Å². The summed E-state index contributed by atoms with van der Waals surface area (Å²) in [5.74, 6) is -4.12. The molecule has 3 N–H and O–H groups in total. The van der Waals surface area contributed by atoms with Crippen molar-refractivity contribution in [1.29, 1.82) is 0 Å². The molecule has 1 fully saturated rings. The summed E-state index contributed by atoms with van der Waals surface area (Å²) in [6, 6.07) is 30.7. The number of carbonyl (C=O) groups is 3. The van der Waals surface area contributed by atoms with Crippen LogP contribution in [0.2, 0.25) is 0 Å². The van der Waals surface area contributed by atoms with Crippen LogP contribution in [0.15, 0.2) is 103 Å². The first kappa shape index (κ1) is 30.5. The lowest BCUT2D eigenvalue weighted by molar-refractivity contribution is -0.150. The van der Waals surface area contributed by atoms with E-state index in [9.17, 15) is 19.5 Å². The molecule has 1 aliphatic rings. The van der Waals surface area contributed by atoms with Crippen LogP contribution in [0.1, 0.15) is 36.0 Å². The van der Waals surface area contributed by atoms with Gasteiger partial charge in [-0.2, -0.15) is 0 Å². The van der Waals surface area contributed by atoms with Crippen LogP contribution < -0.4 is 20.1 Å². The van der Waals surface area contributed by atoms with E-state index in [0.717, 1.165) is 11.1 Å². The minimum Gasteiger partial charge on any atom is -0.493 e. The molecule has 1 saturated carbocycles. The number of ether oxygens (including phenoxy) is 2. The number of aliphatic hydroxyl groups is 1. The van der Waals surface area contributed by atoms with Crippen molar-refractivity contribution in [3.8, 4) is 11.5 Å². The standard InChI is InChI=1S/C36H36N2O6/c1-23-12-10-11-13-25(23)22-44-29-19-18-24(20-30(29)43-3)31-32(34(40)37-26-14-6-4-7-15-26)28(39)21-36(2,42)33(31)35(41)38-27-16-8-5-9-17-27/h4-20,31-33,42H,21-22H2,1-3H3,(H,37,40)(H,38,41). The van der Waals surface area contributed by atoms with E-state index in [0.29, 0.717) is 35.0 Å². The average molecular weight is 593 g/mol. The van der Waals surface area contributed by atoms with Gasteiger partial charge >= 0.3 is 0 Å². The van der Waals surface area contributed by atoms with Gasteiger partial charge in [0.1, 0.15) is 18.3 Å². The van der Waals surface area contributed by atoms with Gasteiger partial charge in [0.25, 0.3) is 0 Å². The van der Waals surface area contributed by atoms with E-state index in [2.05, 4.69) is 10.6 Å². The highest BCUT2D eigenvalue weighted by molar-refractivity contribution is 6.10. The fraction of sp³-hybridized carbons (Fsp3) is 0.250. The molecule has 0 aliphatic heterocycles. The van der Waals surface area contributed by atoms with Crippen LogP contribution in [-0.2, 0) is 21.0 Å². The molecular weight excluding hydrogens is 556 g/mol. The second-order valence-corrected chi connectivity index (χ2v) is 11.3. The molecule has 8 heteroatoms. The van der Waals surface area contributed by atoms with E-state index in [1.807, 2.05) is 43.3 Å². The van der Waals surface area contributed by atoms with Crippen molar-refractivity contribution in [2.45, 2.75) is 38.4 Å². The van der Waals surface area contributed by atoms with Gasteiger partial charge in [0.15, 0.2) is 11.5 Å². The molecule has 0 aromatic heterocycles. The van der Waals surface area contributed by atoms with E-state index in [1.54, 1.807) is 66.7 Å². The number of hydrogen-bond donors (Lipinski definition) is 3. The van der Waals surface area contributed by atoms with Crippen molar-refractivity contribution < 1.29 is 29.0 Å². The third-order valence-electron chi connectivity index (χ3n) is 8.13. The second-order valence-electron chi connectivity index (χ2n) is 11.3. The predicted molar refractivity (Wildman–Crippen MR) is 169 cm³/mol. The number of para-hydroxylation sites is 2. The van der Waals surface area contributed by atoms with E-state index in [1.165, 1.54) is 14.0 Å². The lowest BCUT2D eigenvalue weighted by Crippen LogP contribution is -2.56. The van der Waals surface area contributed by atoms with Gasteiger partial charge < -0.3 is 25.2 Å². The van der Waals surface area contributed by atoms with Crippen LogP contribution in [0.5, 0.6) is 11.5 Å².